The average molecular weight is 222 g/mol. The van der Waals surface area contributed by atoms with Gasteiger partial charge in [0.15, 0.2) is 0 Å². The molecule has 0 spiro atoms. The number of hydrogen-bond donors (Lipinski definition) is 0. The van der Waals surface area contributed by atoms with E-state index in [-0.39, 0.29) is 5.97 Å². The van der Waals surface area contributed by atoms with E-state index in [1.165, 1.54) is 0 Å². The van der Waals surface area contributed by atoms with Crippen molar-refractivity contribution in [3.63, 3.8) is 0 Å². The van der Waals surface area contributed by atoms with E-state index in [1.807, 2.05) is 44.2 Å². The van der Waals surface area contributed by atoms with Crippen molar-refractivity contribution in [2.75, 3.05) is 0 Å². The smallest absolute Gasteiger partial charge is 0.309 e. The van der Waals surface area contributed by atoms with Crippen molar-refractivity contribution < 1.29 is 14.3 Å². The number of carbonyl (C=O) groups excluding carboxylic acids is 1. The third-order valence-electron chi connectivity index (χ3n) is 1.92. The molecule has 0 saturated carbocycles. The normalized spacial score (nSPS) is 12.2. The summed E-state index contributed by atoms with van der Waals surface area (Å²) in [5.74, 6) is 0.780. The van der Waals surface area contributed by atoms with E-state index in [4.69, 9.17) is 9.47 Å². The molecule has 0 fully saturated rings. The summed E-state index contributed by atoms with van der Waals surface area (Å²) < 4.78 is 10.5. The molecule has 0 aliphatic heterocycles. The van der Waals surface area contributed by atoms with Crippen LogP contribution < -0.4 is 4.74 Å². The van der Waals surface area contributed by atoms with Gasteiger partial charge < -0.3 is 9.47 Å². The van der Waals surface area contributed by atoms with Crippen LogP contribution in [-0.4, -0.2) is 12.3 Å². The van der Waals surface area contributed by atoms with Gasteiger partial charge in [0.1, 0.15) is 5.75 Å². The Labute approximate surface area is 96.4 Å². The molecule has 0 saturated heterocycles. The highest BCUT2D eigenvalue weighted by atomic mass is 16.7. The van der Waals surface area contributed by atoms with Gasteiger partial charge in [-0.05, 0) is 18.1 Å². The van der Waals surface area contributed by atoms with E-state index in [0.717, 1.165) is 0 Å². The largest absolute Gasteiger partial charge is 0.455 e. The van der Waals surface area contributed by atoms with Crippen LogP contribution in [0.1, 0.15) is 27.2 Å². The van der Waals surface area contributed by atoms with Crippen LogP contribution in [0.5, 0.6) is 5.75 Å². The number of ether oxygens (including phenoxy) is 2. The first-order valence-corrected chi connectivity index (χ1v) is 5.49. The van der Waals surface area contributed by atoms with Crippen LogP contribution in [0.2, 0.25) is 0 Å². The molecule has 16 heavy (non-hydrogen) atoms. The zero-order valence-corrected chi connectivity index (χ0v) is 9.97. The van der Waals surface area contributed by atoms with Crippen LogP contribution in [0.3, 0.4) is 0 Å². The van der Waals surface area contributed by atoms with Crippen molar-refractivity contribution in [2.24, 2.45) is 5.92 Å². The summed E-state index contributed by atoms with van der Waals surface area (Å²) in [6, 6.07) is 9.30. The number of hydrogen-bond acceptors (Lipinski definition) is 3. The highest BCUT2D eigenvalue weighted by Crippen LogP contribution is 2.12. The standard InChI is InChI=1S/C13H18O3/c1-10(2)9-13(14)16-11(3)15-12-7-5-4-6-8-12/h4-8,10-11H,9H2,1-3H3. The molecular weight excluding hydrogens is 204 g/mol. The summed E-state index contributed by atoms with van der Waals surface area (Å²) in [5, 5.41) is 0. The summed E-state index contributed by atoms with van der Waals surface area (Å²) in [5.41, 5.74) is 0. The van der Waals surface area contributed by atoms with Gasteiger partial charge in [0.25, 0.3) is 0 Å². The Morgan fingerprint density at radius 1 is 1.19 bits per heavy atom. The fourth-order valence-corrected chi connectivity index (χ4v) is 1.28. The van der Waals surface area contributed by atoms with Crippen LogP contribution in [-0.2, 0) is 9.53 Å². The minimum Gasteiger partial charge on any atom is -0.455 e. The molecule has 3 heteroatoms. The van der Waals surface area contributed by atoms with Gasteiger partial charge in [0, 0.05) is 13.3 Å². The fraction of sp³-hybridized carbons (Fsp3) is 0.462. The fourth-order valence-electron chi connectivity index (χ4n) is 1.28. The van der Waals surface area contributed by atoms with E-state index in [2.05, 4.69) is 0 Å². The first-order valence-electron chi connectivity index (χ1n) is 5.49. The Kier molecular flexibility index (Phi) is 4.83. The molecule has 1 aromatic carbocycles. The van der Waals surface area contributed by atoms with E-state index in [0.29, 0.717) is 18.1 Å². The first-order chi connectivity index (χ1) is 7.58. The van der Waals surface area contributed by atoms with Gasteiger partial charge in [0.2, 0.25) is 6.29 Å². The average Bonchev–Trinajstić information content (AvgIpc) is 2.17. The number of para-hydroxylation sites is 1. The van der Waals surface area contributed by atoms with Crippen LogP contribution >= 0.6 is 0 Å². The Hall–Kier alpha value is -1.51. The maximum Gasteiger partial charge on any atom is 0.309 e. The number of esters is 1. The molecule has 0 bridgehead atoms. The van der Waals surface area contributed by atoms with Crippen molar-refractivity contribution in [1.82, 2.24) is 0 Å². The summed E-state index contributed by atoms with van der Waals surface area (Å²) in [4.78, 5) is 11.4. The van der Waals surface area contributed by atoms with Gasteiger partial charge in [-0.2, -0.15) is 0 Å². The van der Waals surface area contributed by atoms with Gasteiger partial charge >= 0.3 is 5.97 Å². The predicted octanol–water partition coefficient (Wildman–Crippen LogP) is 3.00. The molecule has 1 rings (SSSR count). The third-order valence-corrected chi connectivity index (χ3v) is 1.92. The first kappa shape index (κ1) is 12.6. The molecule has 0 amide bonds. The Morgan fingerprint density at radius 2 is 1.81 bits per heavy atom. The van der Waals surface area contributed by atoms with Gasteiger partial charge in [-0.1, -0.05) is 32.0 Å². The molecule has 88 valence electrons. The minimum absolute atomic E-state index is 0.224. The molecule has 0 aliphatic carbocycles. The lowest BCUT2D eigenvalue weighted by Crippen LogP contribution is -2.21. The molecule has 0 heterocycles. The number of rotatable bonds is 5. The lowest BCUT2D eigenvalue weighted by Gasteiger charge is -2.15. The lowest BCUT2D eigenvalue weighted by molar-refractivity contribution is -0.162. The van der Waals surface area contributed by atoms with Gasteiger partial charge in [0.05, 0.1) is 0 Å². The zero-order valence-electron chi connectivity index (χ0n) is 9.97. The molecule has 1 aromatic rings. The SMILES string of the molecule is CC(C)CC(=O)OC(C)Oc1ccccc1. The van der Waals surface area contributed by atoms with Crippen LogP contribution in [0.25, 0.3) is 0 Å². The molecule has 3 nitrogen and oxygen atoms in total. The lowest BCUT2D eigenvalue weighted by atomic mass is 10.1. The van der Waals surface area contributed by atoms with Crippen LogP contribution in [0, 0.1) is 5.92 Å². The van der Waals surface area contributed by atoms with E-state index in [1.54, 1.807) is 6.92 Å². The minimum atomic E-state index is -0.548. The van der Waals surface area contributed by atoms with Crippen molar-refractivity contribution >= 4 is 5.97 Å². The molecule has 0 N–H and O–H groups in total. The maximum absolute atomic E-state index is 11.4. The van der Waals surface area contributed by atoms with Crippen molar-refractivity contribution in [2.45, 2.75) is 33.5 Å². The van der Waals surface area contributed by atoms with E-state index < -0.39 is 6.29 Å². The second kappa shape index (κ2) is 6.16. The number of carbonyl (C=O) groups is 1. The second-order valence-corrected chi connectivity index (χ2v) is 4.09. The highest BCUT2D eigenvalue weighted by molar-refractivity contribution is 5.69. The second-order valence-electron chi connectivity index (χ2n) is 4.09. The maximum atomic E-state index is 11.4. The summed E-state index contributed by atoms with van der Waals surface area (Å²) in [6.45, 7) is 5.67. The molecule has 1 unspecified atom stereocenters. The monoisotopic (exact) mass is 222 g/mol. The highest BCUT2D eigenvalue weighted by Gasteiger charge is 2.11. The summed E-state index contributed by atoms with van der Waals surface area (Å²) in [6.07, 6.45) is -0.128. The number of benzene rings is 1. The molecule has 0 aliphatic rings. The zero-order chi connectivity index (χ0) is 12.0. The molecular formula is C13H18O3. The summed E-state index contributed by atoms with van der Waals surface area (Å²) >= 11 is 0. The van der Waals surface area contributed by atoms with Crippen LogP contribution in [0.4, 0.5) is 0 Å². The van der Waals surface area contributed by atoms with Crippen molar-refractivity contribution in [1.29, 1.82) is 0 Å². The van der Waals surface area contributed by atoms with Gasteiger partial charge in [-0.15, -0.1) is 0 Å². The van der Waals surface area contributed by atoms with Gasteiger partial charge in [-0.3, -0.25) is 4.79 Å². The Morgan fingerprint density at radius 3 is 2.38 bits per heavy atom. The van der Waals surface area contributed by atoms with Gasteiger partial charge in [-0.25, -0.2) is 0 Å². The molecule has 1 atom stereocenters. The van der Waals surface area contributed by atoms with E-state index >= 15 is 0 Å². The van der Waals surface area contributed by atoms with Crippen molar-refractivity contribution in [3.8, 4) is 5.75 Å². The van der Waals surface area contributed by atoms with E-state index in [9.17, 15) is 4.79 Å². The quantitative estimate of drug-likeness (QED) is 0.567. The summed E-state index contributed by atoms with van der Waals surface area (Å²) in [7, 11) is 0. The van der Waals surface area contributed by atoms with Crippen molar-refractivity contribution in [3.05, 3.63) is 30.3 Å². The van der Waals surface area contributed by atoms with Crippen LogP contribution in [0.15, 0.2) is 30.3 Å². The predicted molar refractivity (Wildman–Crippen MR) is 62.1 cm³/mol. The topological polar surface area (TPSA) is 35.5 Å². The Balaban J connectivity index is 2.36. The molecule has 0 radical (unpaired) electrons. The Bertz CT molecular complexity index is 319. The molecule has 0 aromatic heterocycles. The third kappa shape index (κ3) is 4.82.